The molecule has 0 unspecified atom stereocenters. The van der Waals surface area contributed by atoms with Crippen LogP contribution in [0.3, 0.4) is 0 Å². The van der Waals surface area contributed by atoms with Gasteiger partial charge >= 0.3 is 5.63 Å². The second-order valence-corrected chi connectivity index (χ2v) is 4.82. The highest BCUT2D eigenvalue weighted by atomic mass is 16.4. The summed E-state index contributed by atoms with van der Waals surface area (Å²) in [7, 11) is 0. The van der Waals surface area contributed by atoms with E-state index < -0.39 is 0 Å². The van der Waals surface area contributed by atoms with E-state index in [9.17, 15) is 4.79 Å². The van der Waals surface area contributed by atoms with Gasteiger partial charge in [0.1, 0.15) is 5.58 Å². The van der Waals surface area contributed by atoms with Gasteiger partial charge < -0.3 is 4.42 Å². The van der Waals surface area contributed by atoms with E-state index in [-0.39, 0.29) is 5.63 Å². The van der Waals surface area contributed by atoms with E-state index in [1.54, 1.807) is 18.2 Å². The van der Waals surface area contributed by atoms with Crippen LogP contribution in [0.25, 0.3) is 33.4 Å². The van der Waals surface area contributed by atoms with E-state index >= 15 is 0 Å². The minimum atomic E-state index is -0.324. The maximum atomic E-state index is 12.1. The average molecular weight is 262 g/mol. The summed E-state index contributed by atoms with van der Waals surface area (Å²) in [5, 5.41) is 2.37. The predicted molar refractivity (Wildman–Crippen MR) is 84.8 cm³/mol. The smallest absolute Gasteiger partial charge is 0.344 e. The second kappa shape index (κ2) is 4.49. The summed E-state index contributed by atoms with van der Waals surface area (Å²) in [6, 6.07) is 11.2. The Balaban J connectivity index is 2.67. The average Bonchev–Trinajstić information content (AvgIpc) is 2.46. The molecule has 3 rings (SSSR count). The molecule has 0 N–H and O–H groups in total. The molecule has 0 aliphatic carbocycles. The topological polar surface area (TPSA) is 30.2 Å². The number of benzene rings is 2. The number of rotatable bonds is 2. The lowest BCUT2D eigenvalue weighted by Gasteiger charge is -2.11. The van der Waals surface area contributed by atoms with Gasteiger partial charge in [-0.25, -0.2) is 4.79 Å². The molecule has 2 aromatic carbocycles. The molecule has 1 heterocycles. The molecule has 0 bridgehead atoms. The van der Waals surface area contributed by atoms with Crippen LogP contribution >= 0.6 is 0 Å². The van der Waals surface area contributed by atoms with Crippen LogP contribution in [-0.4, -0.2) is 0 Å². The summed E-state index contributed by atoms with van der Waals surface area (Å²) < 4.78 is 5.36. The van der Waals surface area contributed by atoms with Gasteiger partial charge in [0.25, 0.3) is 0 Å². The van der Waals surface area contributed by atoms with Crippen LogP contribution in [0, 0.1) is 0 Å². The fourth-order valence-corrected chi connectivity index (χ4v) is 2.58. The molecule has 98 valence electrons. The molecule has 0 fully saturated rings. The summed E-state index contributed by atoms with van der Waals surface area (Å²) in [6.07, 6.45) is 1.78. The Bertz CT molecular complexity index is 914. The van der Waals surface area contributed by atoms with Crippen molar-refractivity contribution >= 4 is 33.4 Å². The quantitative estimate of drug-likeness (QED) is 0.498. The number of hydrogen-bond acceptors (Lipinski definition) is 2. The van der Waals surface area contributed by atoms with Crippen molar-refractivity contribution in [3.05, 3.63) is 71.1 Å². The van der Waals surface area contributed by atoms with Gasteiger partial charge in [0.15, 0.2) is 0 Å². The number of allylic oxidation sites excluding steroid dienone is 1. The van der Waals surface area contributed by atoms with Crippen LogP contribution in [-0.2, 0) is 0 Å². The number of hydrogen-bond donors (Lipinski definition) is 0. The highest BCUT2D eigenvalue weighted by molar-refractivity contribution is 6.10. The molecule has 0 spiro atoms. The Morgan fingerprint density at radius 2 is 1.90 bits per heavy atom. The van der Waals surface area contributed by atoms with Crippen molar-refractivity contribution in [2.45, 2.75) is 6.92 Å². The van der Waals surface area contributed by atoms with Crippen molar-refractivity contribution < 1.29 is 4.42 Å². The van der Waals surface area contributed by atoms with Gasteiger partial charge in [-0.2, -0.15) is 0 Å². The maximum Gasteiger partial charge on any atom is 0.344 e. The van der Waals surface area contributed by atoms with Crippen molar-refractivity contribution in [3.8, 4) is 0 Å². The summed E-state index contributed by atoms with van der Waals surface area (Å²) in [5.74, 6) is 0. The minimum Gasteiger partial charge on any atom is -0.422 e. The summed E-state index contributed by atoms with van der Waals surface area (Å²) >= 11 is 0. The Labute approximate surface area is 116 Å². The monoisotopic (exact) mass is 262 g/mol. The van der Waals surface area contributed by atoms with Gasteiger partial charge in [0.2, 0.25) is 0 Å². The second-order valence-electron chi connectivity index (χ2n) is 4.82. The molecule has 0 aliphatic heterocycles. The fraction of sp³-hybridized carbons (Fsp3) is 0.0556. The summed E-state index contributed by atoms with van der Waals surface area (Å²) in [6.45, 7) is 9.83. The number of fused-ring (bicyclic) bond motifs is 3. The molecular formula is C18H14O2. The van der Waals surface area contributed by atoms with Crippen molar-refractivity contribution in [2.75, 3.05) is 0 Å². The van der Waals surface area contributed by atoms with E-state index in [0.717, 1.165) is 27.5 Å². The van der Waals surface area contributed by atoms with Gasteiger partial charge in [-0.1, -0.05) is 49.1 Å². The van der Waals surface area contributed by atoms with E-state index in [1.165, 1.54) is 0 Å². The van der Waals surface area contributed by atoms with Crippen LogP contribution in [0.15, 0.2) is 58.8 Å². The zero-order valence-corrected chi connectivity index (χ0v) is 11.3. The molecular weight excluding hydrogens is 248 g/mol. The summed E-state index contributed by atoms with van der Waals surface area (Å²) in [4.78, 5) is 12.1. The predicted octanol–water partition coefficient (Wildman–Crippen LogP) is 4.62. The molecule has 20 heavy (non-hydrogen) atoms. The first-order chi connectivity index (χ1) is 9.63. The van der Waals surface area contributed by atoms with Crippen LogP contribution in [0.4, 0.5) is 0 Å². The summed E-state index contributed by atoms with van der Waals surface area (Å²) in [5.41, 5.74) is 3.14. The first-order valence-electron chi connectivity index (χ1n) is 6.40. The first-order valence-corrected chi connectivity index (χ1v) is 6.40. The molecule has 0 amide bonds. The molecule has 2 nitrogen and oxygen atoms in total. The standard InChI is InChI=1S/C18H14O2/c1-4-12-13(11(2)3)9-10-15-17(12)14-7-5-6-8-16(14)20-18(15)19/h4-10H,1-2H2,3H3. The molecule has 0 aliphatic rings. The fourth-order valence-electron chi connectivity index (χ4n) is 2.58. The van der Waals surface area contributed by atoms with Crippen molar-refractivity contribution in [1.82, 2.24) is 0 Å². The van der Waals surface area contributed by atoms with E-state index in [4.69, 9.17) is 4.42 Å². The molecule has 0 saturated heterocycles. The van der Waals surface area contributed by atoms with Crippen molar-refractivity contribution in [1.29, 1.82) is 0 Å². The van der Waals surface area contributed by atoms with Gasteiger partial charge in [-0.15, -0.1) is 0 Å². The molecule has 1 aromatic heterocycles. The normalized spacial score (nSPS) is 10.8. The Kier molecular flexibility index (Phi) is 2.79. The van der Waals surface area contributed by atoms with Gasteiger partial charge in [0.05, 0.1) is 5.39 Å². The van der Waals surface area contributed by atoms with Crippen LogP contribution in [0.1, 0.15) is 18.1 Å². The van der Waals surface area contributed by atoms with Crippen LogP contribution in [0.2, 0.25) is 0 Å². The highest BCUT2D eigenvalue weighted by Gasteiger charge is 2.12. The lowest BCUT2D eigenvalue weighted by Crippen LogP contribution is -2.02. The van der Waals surface area contributed by atoms with Crippen molar-refractivity contribution in [3.63, 3.8) is 0 Å². The third-order valence-electron chi connectivity index (χ3n) is 3.49. The lowest BCUT2D eigenvalue weighted by molar-refractivity contribution is 0.569. The third kappa shape index (κ3) is 1.69. The Hall–Kier alpha value is -2.61. The first kappa shape index (κ1) is 12.4. The number of para-hydroxylation sites is 1. The van der Waals surface area contributed by atoms with Gasteiger partial charge in [-0.05, 0) is 30.2 Å². The largest absolute Gasteiger partial charge is 0.422 e. The highest BCUT2D eigenvalue weighted by Crippen LogP contribution is 2.31. The SMILES string of the molecule is C=Cc1c(C(=C)C)ccc2c(=O)oc3ccccc3c12. The van der Waals surface area contributed by atoms with Gasteiger partial charge in [-0.3, -0.25) is 0 Å². The zero-order valence-electron chi connectivity index (χ0n) is 11.3. The van der Waals surface area contributed by atoms with Gasteiger partial charge in [0, 0.05) is 10.8 Å². The molecule has 3 aromatic rings. The lowest BCUT2D eigenvalue weighted by atomic mass is 9.94. The Morgan fingerprint density at radius 1 is 1.15 bits per heavy atom. The van der Waals surface area contributed by atoms with E-state index in [1.807, 2.05) is 31.2 Å². The van der Waals surface area contributed by atoms with Crippen molar-refractivity contribution in [2.24, 2.45) is 0 Å². The maximum absolute atomic E-state index is 12.1. The van der Waals surface area contributed by atoms with E-state index in [2.05, 4.69) is 13.2 Å². The molecule has 0 saturated carbocycles. The van der Waals surface area contributed by atoms with E-state index in [0.29, 0.717) is 11.0 Å². The molecule has 0 atom stereocenters. The molecule has 2 heteroatoms. The van der Waals surface area contributed by atoms with Crippen LogP contribution in [0.5, 0.6) is 0 Å². The minimum absolute atomic E-state index is 0.324. The third-order valence-corrected chi connectivity index (χ3v) is 3.49. The zero-order chi connectivity index (χ0) is 14.3. The van der Waals surface area contributed by atoms with Crippen LogP contribution < -0.4 is 5.63 Å². The molecule has 0 radical (unpaired) electrons. The Morgan fingerprint density at radius 3 is 2.60 bits per heavy atom.